The SMILES string of the molecule is COc1ccc(C=CC(=O)C2OCCNC2c2ccc(Cl)cc2)cc1OC. The van der Waals surface area contributed by atoms with Crippen molar-refractivity contribution in [1.82, 2.24) is 5.32 Å². The zero-order chi connectivity index (χ0) is 19.2. The van der Waals surface area contributed by atoms with Gasteiger partial charge in [0.1, 0.15) is 6.10 Å². The van der Waals surface area contributed by atoms with Gasteiger partial charge in [-0.25, -0.2) is 0 Å². The molecule has 0 aliphatic carbocycles. The number of hydrogen-bond donors (Lipinski definition) is 1. The molecule has 1 heterocycles. The number of benzene rings is 2. The van der Waals surface area contributed by atoms with Gasteiger partial charge in [0.25, 0.3) is 0 Å². The summed E-state index contributed by atoms with van der Waals surface area (Å²) in [5.74, 6) is 1.15. The van der Waals surface area contributed by atoms with Crippen LogP contribution in [-0.4, -0.2) is 39.3 Å². The number of methoxy groups -OCH3 is 2. The molecule has 2 atom stereocenters. The summed E-state index contributed by atoms with van der Waals surface area (Å²) in [6, 6.07) is 12.7. The molecule has 1 N–H and O–H groups in total. The van der Waals surface area contributed by atoms with Gasteiger partial charge in [-0.1, -0.05) is 35.9 Å². The van der Waals surface area contributed by atoms with Crippen molar-refractivity contribution in [2.75, 3.05) is 27.4 Å². The number of halogens is 1. The predicted octanol–water partition coefficient (Wildman–Crippen LogP) is 3.67. The molecule has 5 nitrogen and oxygen atoms in total. The van der Waals surface area contributed by atoms with Crippen LogP contribution in [0.25, 0.3) is 6.08 Å². The molecule has 0 bridgehead atoms. The first-order valence-electron chi connectivity index (χ1n) is 8.67. The molecule has 0 aromatic heterocycles. The molecule has 1 saturated heterocycles. The number of morpholine rings is 1. The number of carbonyl (C=O) groups excluding carboxylic acids is 1. The third-order valence-electron chi connectivity index (χ3n) is 4.42. The number of rotatable bonds is 6. The van der Waals surface area contributed by atoms with E-state index in [1.165, 1.54) is 0 Å². The van der Waals surface area contributed by atoms with Gasteiger partial charge in [-0.2, -0.15) is 0 Å². The van der Waals surface area contributed by atoms with E-state index in [2.05, 4.69) is 5.32 Å². The molecule has 1 aliphatic heterocycles. The van der Waals surface area contributed by atoms with Gasteiger partial charge in [0.15, 0.2) is 17.3 Å². The Labute approximate surface area is 163 Å². The van der Waals surface area contributed by atoms with Crippen molar-refractivity contribution in [3.05, 3.63) is 64.7 Å². The number of ether oxygens (including phenoxy) is 3. The van der Waals surface area contributed by atoms with E-state index in [1.54, 1.807) is 32.4 Å². The number of hydrogen-bond acceptors (Lipinski definition) is 5. The van der Waals surface area contributed by atoms with Crippen LogP contribution in [0, 0.1) is 0 Å². The molecule has 3 rings (SSSR count). The maximum Gasteiger partial charge on any atom is 0.186 e. The van der Waals surface area contributed by atoms with Crippen LogP contribution >= 0.6 is 11.6 Å². The summed E-state index contributed by atoms with van der Waals surface area (Å²) < 4.78 is 16.3. The van der Waals surface area contributed by atoms with Crippen LogP contribution < -0.4 is 14.8 Å². The van der Waals surface area contributed by atoms with Crippen LogP contribution in [0.1, 0.15) is 17.2 Å². The minimum absolute atomic E-state index is 0.100. The first kappa shape index (κ1) is 19.4. The lowest BCUT2D eigenvalue weighted by atomic mass is 9.96. The summed E-state index contributed by atoms with van der Waals surface area (Å²) in [7, 11) is 3.16. The number of nitrogens with one attached hydrogen (secondary N) is 1. The van der Waals surface area contributed by atoms with Gasteiger partial charge < -0.3 is 19.5 Å². The predicted molar refractivity (Wildman–Crippen MR) is 106 cm³/mol. The van der Waals surface area contributed by atoms with Gasteiger partial charge in [-0.15, -0.1) is 0 Å². The molecule has 2 aromatic rings. The van der Waals surface area contributed by atoms with Gasteiger partial charge >= 0.3 is 0 Å². The quantitative estimate of drug-likeness (QED) is 0.766. The molecule has 2 aromatic carbocycles. The Hall–Kier alpha value is -2.34. The lowest BCUT2D eigenvalue weighted by molar-refractivity contribution is -0.130. The summed E-state index contributed by atoms with van der Waals surface area (Å²) in [5, 5.41) is 4.02. The molecular weight excluding hydrogens is 366 g/mol. The van der Waals surface area contributed by atoms with Gasteiger partial charge in [-0.05, 0) is 41.5 Å². The fourth-order valence-electron chi connectivity index (χ4n) is 3.04. The molecule has 2 unspecified atom stereocenters. The van der Waals surface area contributed by atoms with E-state index < -0.39 is 6.10 Å². The zero-order valence-electron chi connectivity index (χ0n) is 15.3. The van der Waals surface area contributed by atoms with Crippen LogP contribution in [0.3, 0.4) is 0 Å². The van der Waals surface area contributed by atoms with E-state index in [1.807, 2.05) is 36.4 Å². The highest BCUT2D eigenvalue weighted by molar-refractivity contribution is 6.30. The van der Waals surface area contributed by atoms with Crippen molar-refractivity contribution in [1.29, 1.82) is 0 Å². The number of carbonyl (C=O) groups is 1. The van der Waals surface area contributed by atoms with E-state index >= 15 is 0 Å². The molecule has 0 saturated carbocycles. The molecule has 1 fully saturated rings. The average Bonchev–Trinajstić information content (AvgIpc) is 2.72. The van der Waals surface area contributed by atoms with Gasteiger partial charge in [0, 0.05) is 11.6 Å². The largest absolute Gasteiger partial charge is 0.493 e. The number of ketones is 1. The molecule has 0 radical (unpaired) electrons. The van der Waals surface area contributed by atoms with Crippen LogP contribution in [0.5, 0.6) is 11.5 Å². The fourth-order valence-corrected chi connectivity index (χ4v) is 3.17. The van der Waals surface area contributed by atoms with E-state index in [-0.39, 0.29) is 11.8 Å². The minimum atomic E-state index is -0.587. The molecule has 142 valence electrons. The van der Waals surface area contributed by atoms with Crippen LogP contribution in [0.4, 0.5) is 0 Å². The lowest BCUT2D eigenvalue weighted by Gasteiger charge is -2.31. The summed E-state index contributed by atoms with van der Waals surface area (Å²) in [6.45, 7) is 1.18. The summed E-state index contributed by atoms with van der Waals surface area (Å²) in [4.78, 5) is 12.8. The highest BCUT2D eigenvalue weighted by Gasteiger charge is 2.31. The second-order valence-corrected chi connectivity index (χ2v) is 6.56. The zero-order valence-corrected chi connectivity index (χ0v) is 16.0. The monoisotopic (exact) mass is 387 g/mol. The highest BCUT2D eigenvalue weighted by Crippen LogP contribution is 2.28. The maximum atomic E-state index is 12.8. The lowest BCUT2D eigenvalue weighted by Crippen LogP contribution is -2.45. The molecule has 0 amide bonds. The van der Waals surface area contributed by atoms with E-state index in [9.17, 15) is 4.79 Å². The fraction of sp³-hybridized carbons (Fsp3) is 0.286. The third kappa shape index (κ3) is 4.69. The van der Waals surface area contributed by atoms with Crippen LogP contribution in [-0.2, 0) is 9.53 Å². The standard InChI is InChI=1S/C21H22ClNO4/c1-25-18-10-4-14(13-19(18)26-2)3-9-17(24)21-20(23-11-12-27-21)15-5-7-16(22)8-6-15/h3-10,13,20-21,23H,11-12H2,1-2H3. The van der Waals surface area contributed by atoms with E-state index in [4.69, 9.17) is 25.8 Å². The van der Waals surface area contributed by atoms with Gasteiger partial charge in [-0.3, -0.25) is 4.79 Å². The van der Waals surface area contributed by atoms with Crippen molar-refractivity contribution < 1.29 is 19.0 Å². The second kappa shape index (κ2) is 9.04. The maximum absolute atomic E-state index is 12.8. The second-order valence-electron chi connectivity index (χ2n) is 6.12. The molecule has 6 heteroatoms. The Bertz CT molecular complexity index is 819. The summed E-state index contributed by atoms with van der Waals surface area (Å²) in [5.41, 5.74) is 1.81. The van der Waals surface area contributed by atoms with Crippen molar-refractivity contribution in [2.24, 2.45) is 0 Å². The summed E-state index contributed by atoms with van der Waals surface area (Å²) in [6.07, 6.45) is 2.71. The van der Waals surface area contributed by atoms with Crippen molar-refractivity contribution in [3.8, 4) is 11.5 Å². The Morgan fingerprint density at radius 2 is 1.89 bits per heavy atom. The van der Waals surface area contributed by atoms with Crippen LogP contribution in [0.2, 0.25) is 5.02 Å². The Kier molecular flexibility index (Phi) is 6.50. The van der Waals surface area contributed by atoms with Gasteiger partial charge in [0.05, 0.1) is 26.9 Å². The first-order valence-corrected chi connectivity index (χ1v) is 9.04. The van der Waals surface area contributed by atoms with E-state index in [0.29, 0.717) is 29.7 Å². The Morgan fingerprint density at radius 1 is 1.15 bits per heavy atom. The van der Waals surface area contributed by atoms with Crippen molar-refractivity contribution in [2.45, 2.75) is 12.1 Å². The first-order chi connectivity index (χ1) is 13.1. The molecule has 1 aliphatic rings. The van der Waals surface area contributed by atoms with Crippen LogP contribution in [0.15, 0.2) is 48.5 Å². The normalized spacial score (nSPS) is 19.8. The summed E-state index contributed by atoms with van der Waals surface area (Å²) >= 11 is 5.96. The van der Waals surface area contributed by atoms with Gasteiger partial charge in [0.2, 0.25) is 0 Å². The molecule has 27 heavy (non-hydrogen) atoms. The van der Waals surface area contributed by atoms with Crippen molar-refractivity contribution >= 4 is 23.5 Å². The smallest absolute Gasteiger partial charge is 0.186 e. The minimum Gasteiger partial charge on any atom is -0.493 e. The highest BCUT2D eigenvalue weighted by atomic mass is 35.5. The topological polar surface area (TPSA) is 56.8 Å². The van der Waals surface area contributed by atoms with E-state index in [0.717, 1.165) is 11.1 Å². The Balaban J connectivity index is 1.77. The Morgan fingerprint density at radius 3 is 2.59 bits per heavy atom. The molecule has 0 spiro atoms. The third-order valence-corrected chi connectivity index (χ3v) is 4.68. The molecular formula is C21H22ClNO4. The average molecular weight is 388 g/mol. The van der Waals surface area contributed by atoms with Crippen molar-refractivity contribution in [3.63, 3.8) is 0 Å².